The minimum absolute atomic E-state index is 0.262. The largest absolute Gasteiger partial charge is 0.322 e. The normalized spacial score (nSPS) is 15.9. The number of amides is 1. The lowest BCUT2D eigenvalue weighted by atomic mass is 9.91. The number of nitrogens with zero attached hydrogens (tertiary/aromatic N) is 1. The van der Waals surface area contributed by atoms with Crippen LogP contribution in [0.5, 0.6) is 0 Å². The lowest BCUT2D eigenvalue weighted by molar-refractivity contribution is 0.0911. The zero-order chi connectivity index (χ0) is 15.6. The number of pyridine rings is 1. The van der Waals surface area contributed by atoms with Crippen LogP contribution in [0.3, 0.4) is 0 Å². The fourth-order valence-corrected chi connectivity index (χ4v) is 2.42. The number of hydrogen-bond acceptors (Lipinski definition) is 3. The van der Waals surface area contributed by atoms with Crippen LogP contribution in [0.4, 0.5) is 10.1 Å². The van der Waals surface area contributed by atoms with Gasteiger partial charge in [0.25, 0.3) is 5.91 Å². The van der Waals surface area contributed by atoms with Gasteiger partial charge in [-0.2, -0.15) is 0 Å². The van der Waals surface area contributed by atoms with Gasteiger partial charge in [-0.05, 0) is 29.8 Å². The Morgan fingerprint density at radius 1 is 1.27 bits per heavy atom. The Morgan fingerprint density at radius 2 is 2.00 bits per heavy atom. The summed E-state index contributed by atoms with van der Waals surface area (Å²) in [6, 6.07) is 10.4. The summed E-state index contributed by atoms with van der Waals surface area (Å²) in [5.74, 6) is -0.262. The zero-order valence-corrected chi connectivity index (χ0v) is 12.5. The van der Waals surface area contributed by atoms with Gasteiger partial charge in [-0.15, -0.1) is 0 Å². The summed E-state index contributed by atoms with van der Waals surface area (Å²) in [6.07, 6.45) is 1.80. The third-order valence-corrected chi connectivity index (χ3v) is 3.83. The molecule has 114 valence electrons. The quantitative estimate of drug-likeness (QED) is 0.852. The molecule has 0 radical (unpaired) electrons. The van der Waals surface area contributed by atoms with E-state index < -0.39 is 5.67 Å². The Labute approximate surface area is 132 Å². The summed E-state index contributed by atoms with van der Waals surface area (Å²) in [6.45, 7) is 0.796. The lowest BCUT2D eigenvalue weighted by Gasteiger charge is -2.35. The van der Waals surface area contributed by atoms with E-state index in [1.54, 1.807) is 24.3 Å². The van der Waals surface area contributed by atoms with Gasteiger partial charge in [0.05, 0.1) is 5.56 Å². The SMILES string of the molecule is O=C(Nc1ccc(CC2(F)CNC2)cc1)c1ccc(Cl)nc1. The Bertz CT molecular complexity index is 669. The molecule has 0 aliphatic carbocycles. The minimum atomic E-state index is -1.14. The summed E-state index contributed by atoms with van der Waals surface area (Å²) in [5.41, 5.74) is 0.856. The average Bonchev–Trinajstić information content (AvgIpc) is 2.48. The van der Waals surface area contributed by atoms with Crippen molar-refractivity contribution in [2.45, 2.75) is 12.1 Å². The van der Waals surface area contributed by atoms with Crippen molar-refractivity contribution < 1.29 is 9.18 Å². The van der Waals surface area contributed by atoms with Crippen LogP contribution >= 0.6 is 11.6 Å². The van der Waals surface area contributed by atoms with Crippen LogP contribution in [0, 0.1) is 0 Å². The summed E-state index contributed by atoms with van der Waals surface area (Å²) >= 11 is 5.69. The molecule has 3 rings (SSSR count). The van der Waals surface area contributed by atoms with Crippen molar-refractivity contribution in [1.82, 2.24) is 10.3 Å². The fourth-order valence-electron chi connectivity index (χ4n) is 2.31. The van der Waals surface area contributed by atoms with Gasteiger partial charge in [0, 0.05) is 31.4 Å². The second-order valence-electron chi connectivity index (χ2n) is 5.45. The highest BCUT2D eigenvalue weighted by molar-refractivity contribution is 6.29. The summed E-state index contributed by atoms with van der Waals surface area (Å²) in [5, 5.41) is 6.04. The molecule has 1 saturated heterocycles. The minimum Gasteiger partial charge on any atom is -0.322 e. The molecule has 0 spiro atoms. The highest BCUT2D eigenvalue weighted by atomic mass is 35.5. The van der Waals surface area contributed by atoms with Crippen molar-refractivity contribution in [2.75, 3.05) is 18.4 Å². The summed E-state index contributed by atoms with van der Waals surface area (Å²) in [7, 11) is 0. The number of nitrogens with one attached hydrogen (secondary N) is 2. The Hall–Kier alpha value is -1.98. The van der Waals surface area contributed by atoms with E-state index in [2.05, 4.69) is 15.6 Å². The van der Waals surface area contributed by atoms with Gasteiger partial charge in [-0.25, -0.2) is 9.37 Å². The van der Waals surface area contributed by atoms with Gasteiger partial charge in [-0.1, -0.05) is 23.7 Å². The molecule has 1 aliphatic heterocycles. The molecule has 2 heterocycles. The number of benzene rings is 1. The van der Waals surface area contributed by atoms with Crippen LogP contribution in [-0.4, -0.2) is 29.6 Å². The molecule has 0 atom stereocenters. The predicted octanol–water partition coefficient (Wildman–Crippen LogP) is 2.84. The molecule has 0 saturated carbocycles. The molecule has 2 N–H and O–H groups in total. The molecule has 1 aromatic heterocycles. The number of alkyl halides is 1. The van der Waals surface area contributed by atoms with Crippen LogP contribution in [-0.2, 0) is 6.42 Å². The molecule has 0 bridgehead atoms. The molecular formula is C16H15ClFN3O. The molecule has 1 amide bonds. The van der Waals surface area contributed by atoms with E-state index in [1.807, 2.05) is 12.1 Å². The van der Waals surface area contributed by atoms with E-state index in [0.717, 1.165) is 5.56 Å². The van der Waals surface area contributed by atoms with E-state index in [0.29, 0.717) is 35.9 Å². The fraction of sp³-hybridized carbons (Fsp3) is 0.250. The Morgan fingerprint density at radius 3 is 2.55 bits per heavy atom. The first-order chi connectivity index (χ1) is 10.5. The topological polar surface area (TPSA) is 54.0 Å². The van der Waals surface area contributed by atoms with E-state index >= 15 is 0 Å². The average molecular weight is 320 g/mol. The zero-order valence-electron chi connectivity index (χ0n) is 11.8. The molecule has 2 aromatic rings. The van der Waals surface area contributed by atoms with Gasteiger partial charge in [0.15, 0.2) is 0 Å². The second-order valence-corrected chi connectivity index (χ2v) is 5.84. The summed E-state index contributed by atoms with van der Waals surface area (Å²) < 4.78 is 14.0. The molecule has 1 fully saturated rings. The first kappa shape index (κ1) is 14.9. The van der Waals surface area contributed by atoms with Gasteiger partial charge in [-0.3, -0.25) is 4.79 Å². The molecule has 0 unspecified atom stereocenters. The molecule has 22 heavy (non-hydrogen) atoms. The van der Waals surface area contributed by atoms with Gasteiger partial charge in [0.1, 0.15) is 10.8 Å². The van der Waals surface area contributed by atoms with Crippen molar-refractivity contribution in [3.63, 3.8) is 0 Å². The predicted molar refractivity (Wildman–Crippen MR) is 84.1 cm³/mol. The number of halogens is 2. The highest BCUT2D eigenvalue weighted by Crippen LogP contribution is 2.23. The highest BCUT2D eigenvalue weighted by Gasteiger charge is 2.36. The van der Waals surface area contributed by atoms with Crippen molar-refractivity contribution in [3.8, 4) is 0 Å². The third kappa shape index (κ3) is 3.43. The third-order valence-electron chi connectivity index (χ3n) is 3.61. The number of carbonyl (C=O) groups is 1. The number of rotatable bonds is 4. The first-order valence-electron chi connectivity index (χ1n) is 6.96. The number of hydrogen-bond donors (Lipinski definition) is 2. The maximum Gasteiger partial charge on any atom is 0.257 e. The summed E-state index contributed by atoms with van der Waals surface area (Å²) in [4.78, 5) is 15.9. The molecule has 1 aromatic carbocycles. The van der Waals surface area contributed by atoms with Gasteiger partial charge < -0.3 is 10.6 Å². The standard InChI is InChI=1S/C16H15ClFN3O/c17-14-6-3-12(8-20-14)15(22)21-13-4-1-11(2-5-13)7-16(18)9-19-10-16/h1-6,8,19H,7,9-10H2,(H,21,22). The van der Waals surface area contributed by atoms with Crippen molar-refractivity contribution in [1.29, 1.82) is 0 Å². The molecule has 6 heteroatoms. The molecule has 1 aliphatic rings. The van der Waals surface area contributed by atoms with Crippen molar-refractivity contribution >= 4 is 23.2 Å². The molecular weight excluding hydrogens is 305 g/mol. The lowest BCUT2D eigenvalue weighted by Crippen LogP contribution is -2.57. The van der Waals surface area contributed by atoms with Crippen LogP contribution in [0.2, 0.25) is 5.15 Å². The van der Waals surface area contributed by atoms with E-state index in [4.69, 9.17) is 11.6 Å². The number of aromatic nitrogens is 1. The van der Waals surface area contributed by atoms with Gasteiger partial charge in [0.2, 0.25) is 0 Å². The second kappa shape index (κ2) is 6.02. The molecule has 4 nitrogen and oxygen atoms in total. The van der Waals surface area contributed by atoms with Crippen LogP contribution in [0.25, 0.3) is 0 Å². The monoisotopic (exact) mass is 319 g/mol. The number of anilines is 1. The van der Waals surface area contributed by atoms with Gasteiger partial charge >= 0.3 is 0 Å². The number of carbonyl (C=O) groups excluding carboxylic acids is 1. The van der Waals surface area contributed by atoms with Crippen LogP contribution < -0.4 is 10.6 Å². The van der Waals surface area contributed by atoms with E-state index in [1.165, 1.54) is 6.20 Å². The van der Waals surface area contributed by atoms with E-state index in [-0.39, 0.29) is 5.91 Å². The van der Waals surface area contributed by atoms with Crippen LogP contribution in [0.15, 0.2) is 42.6 Å². The van der Waals surface area contributed by atoms with E-state index in [9.17, 15) is 9.18 Å². The van der Waals surface area contributed by atoms with Crippen LogP contribution in [0.1, 0.15) is 15.9 Å². The maximum atomic E-state index is 14.0. The van der Waals surface area contributed by atoms with Crippen molar-refractivity contribution in [3.05, 3.63) is 58.9 Å². The Kier molecular flexibility index (Phi) is 4.09. The Balaban J connectivity index is 1.63. The smallest absolute Gasteiger partial charge is 0.257 e. The first-order valence-corrected chi connectivity index (χ1v) is 7.33. The van der Waals surface area contributed by atoms with Crippen molar-refractivity contribution in [2.24, 2.45) is 0 Å². The maximum absolute atomic E-state index is 14.0.